The first-order valence-corrected chi connectivity index (χ1v) is 11.0. The maximum atomic E-state index is 12.2. The van der Waals surface area contributed by atoms with Gasteiger partial charge in [0.2, 0.25) is 0 Å². The predicted molar refractivity (Wildman–Crippen MR) is 122 cm³/mol. The van der Waals surface area contributed by atoms with Crippen LogP contribution in [0.1, 0.15) is 35.5 Å². The van der Waals surface area contributed by atoms with Crippen molar-refractivity contribution in [2.75, 3.05) is 14.1 Å². The number of urea groups is 1. The molecule has 0 saturated heterocycles. The second-order valence-corrected chi connectivity index (χ2v) is 8.83. The monoisotopic (exact) mass is 443 g/mol. The molecule has 6 nitrogen and oxygen atoms in total. The van der Waals surface area contributed by atoms with Crippen molar-refractivity contribution < 1.29 is 4.79 Å². The Morgan fingerprint density at radius 3 is 2.67 bits per heavy atom. The molecular weight excluding hydrogens is 418 g/mol. The molecule has 0 bridgehead atoms. The van der Waals surface area contributed by atoms with Crippen LogP contribution in [0.3, 0.4) is 0 Å². The molecule has 0 aliphatic heterocycles. The molecule has 0 aliphatic rings. The number of benzene rings is 2. The summed E-state index contributed by atoms with van der Waals surface area (Å²) in [6.45, 7) is 6.00. The molecule has 3 aromatic rings. The molecule has 158 valence electrons. The van der Waals surface area contributed by atoms with Crippen molar-refractivity contribution in [2.24, 2.45) is 0 Å². The summed E-state index contributed by atoms with van der Waals surface area (Å²) < 4.78 is 1.99. The van der Waals surface area contributed by atoms with E-state index >= 15 is 0 Å². The Balaban J connectivity index is 1.99. The number of rotatable bonds is 6. The second-order valence-electron chi connectivity index (χ2n) is 7.45. The lowest BCUT2D eigenvalue weighted by atomic mass is 10.2. The zero-order valence-corrected chi connectivity index (χ0v) is 19.4. The van der Waals surface area contributed by atoms with Crippen LogP contribution >= 0.6 is 23.4 Å². The van der Waals surface area contributed by atoms with Crippen molar-refractivity contribution in [3.8, 4) is 5.69 Å². The van der Waals surface area contributed by atoms with E-state index < -0.39 is 0 Å². The minimum Gasteiger partial charge on any atom is -0.331 e. The van der Waals surface area contributed by atoms with Crippen LogP contribution in [0.15, 0.2) is 47.6 Å². The Morgan fingerprint density at radius 1 is 1.20 bits per heavy atom. The summed E-state index contributed by atoms with van der Waals surface area (Å²) in [4.78, 5) is 13.7. The van der Waals surface area contributed by atoms with Gasteiger partial charge in [-0.3, -0.25) is 4.57 Å². The Morgan fingerprint density at radius 2 is 1.97 bits per heavy atom. The number of hydrogen-bond acceptors (Lipinski definition) is 4. The van der Waals surface area contributed by atoms with Gasteiger partial charge < -0.3 is 10.2 Å². The van der Waals surface area contributed by atoms with Crippen LogP contribution in [0, 0.1) is 13.8 Å². The smallest absolute Gasteiger partial charge is 0.317 e. The molecule has 0 fully saturated rings. The number of carbonyl (C=O) groups is 1. The number of carbonyl (C=O) groups excluding carboxylic acids is 1. The molecule has 2 amide bonds. The maximum Gasteiger partial charge on any atom is 0.317 e. The predicted octanol–water partition coefficient (Wildman–Crippen LogP) is 5.16. The molecule has 1 N–H and O–H groups in total. The Hall–Kier alpha value is -2.51. The van der Waals surface area contributed by atoms with Crippen LogP contribution in [-0.4, -0.2) is 39.8 Å². The molecule has 0 aliphatic carbocycles. The molecular formula is C22H26ClN5OS. The van der Waals surface area contributed by atoms with E-state index in [1.807, 2.05) is 36.6 Å². The van der Waals surface area contributed by atoms with E-state index in [1.165, 1.54) is 16.0 Å². The Labute approximate surface area is 186 Å². The number of thioether (sulfide) groups is 1. The standard InChI is InChI=1S/C22H26ClN5OS/c1-14-7-6-8-17(11-14)13-30-22-26-25-20(16(3)24-21(29)27(4)5)28(22)19-12-18(23)10-9-15(19)2/h6-12,16H,13H2,1-5H3,(H,24,29). The van der Waals surface area contributed by atoms with Gasteiger partial charge in [-0.1, -0.05) is 59.3 Å². The third-order valence-corrected chi connectivity index (χ3v) is 5.89. The molecule has 1 aromatic heterocycles. The number of amides is 2. The van der Waals surface area contributed by atoms with E-state index in [0.717, 1.165) is 22.2 Å². The summed E-state index contributed by atoms with van der Waals surface area (Å²) >= 11 is 7.90. The number of nitrogens with one attached hydrogen (secondary N) is 1. The fourth-order valence-corrected chi connectivity index (χ4v) is 4.09. The highest BCUT2D eigenvalue weighted by molar-refractivity contribution is 7.98. The van der Waals surface area contributed by atoms with Crippen molar-refractivity contribution in [1.82, 2.24) is 25.0 Å². The van der Waals surface area contributed by atoms with Gasteiger partial charge in [-0.2, -0.15) is 0 Å². The molecule has 0 spiro atoms. The minimum atomic E-state index is -0.334. The molecule has 1 unspecified atom stereocenters. The number of nitrogens with zero attached hydrogens (tertiary/aromatic N) is 4. The normalized spacial score (nSPS) is 11.9. The van der Waals surface area contributed by atoms with E-state index in [2.05, 4.69) is 46.7 Å². The highest BCUT2D eigenvalue weighted by atomic mass is 35.5. The van der Waals surface area contributed by atoms with Gasteiger partial charge in [0, 0.05) is 24.9 Å². The van der Waals surface area contributed by atoms with Crippen molar-refractivity contribution in [2.45, 2.75) is 37.7 Å². The van der Waals surface area contributed by atoms with E-state index in [0.29, 0.717) is 10.8 Å². The van der Waals surface area contributed by atoms with Gasteiger partial charge in [-0.25, -0.2) is 4.79 Å². The summed E-state index contributed by atoms with van der Waals surface area (Å²) in [5.74, 6) is 1.42. The second kappa shape index (κ2) is 9.53. The van der Waals surface area contributed by atoms with Gasteiger partial charge in [0.1, 0.15) is 0 Å². The lowest BCUT2D eigenvalue weighted by Crippen LogP contribution is -2.37. The van der Waals surface area contributed by atoms with Crippen molar-refractivity contribution in [3.63, 3.8) is 0 Å². The lowest BCUT2D eigenvalue weighted by molar-refractivity contribution is 0.213. The SMILES string of the molecule is Cc1cccc(CSc2nnc(C(C)NC(=O)N(C)C)n2-c2cc(Cl)ccc2C)c1. The molecule has 1 atom stereocenters. The largest absolute Gasteiger partial charge is 0.331 e. The molecule has 1 heterocycles. The summed E-state index contributed by atoms with van der Waals surface area (Å²) in [6.07, 6.45) is 0. The molecule has 2 aromatic carbocycles. The van der Waals surface area contributed by atoms with Crippen molar-refractivity contribution in [1.29, 1.82) is 0 Å². The van der Waals surface area contributed by atoms with E-state index in [4.69, 9.17) is 11.6 Å². The van der Waals surface area contributed by atoms with Gasteiger partial charge in [0.15, 0.2) is 11.0 Å². The van der Waals surface area contributed by atoms with E-state index in [1.54, 1.807) is 25.9 Å². The quantitative estimate of drug-likeness (QED) is 0.534. The molecule has 3 rings (SSSR count). The van der Waals surface area contributed by atoms with Gasteiger partial charge in [0.25, 0.3) is 0 Å². The summed E-state index contributed by atoms with van der Waals surface area (Å²) in [6, 6.07) is 13.6. The topological polar surface area (TPSA) is 63.1 Å². The van der Waals surface area contributed by atoms with Crippen LogP contribution in [0.4, 0.5) is 4.79 Å². The summed E-state index contributed by atoms with van der Waals surface area (Å²) in [5.41, 5.74) is 4.39. The summed E-state index contributed by atoms with van der Waals surface area (Å²) in [7, 11) is 3.41. The Kier molecular flexibility index (Phi) is 7.05. The molecule has 30 heavy (non-hydrogen) atoms. The number of hydrogen-bond donors (Lipinski definition) is 1. The third kappa shape index (κ3) is 5.15. The number of halogens is 1. The average molecular weight is 444 g/mol. The fraction of sp³-hybridized carbons (Fsp3) is 0.318. The van der Waals surface area contributed by atoms with Crippen LogP contribution in [0.5, 0.6) is 0 Å². The van der Waals surface area contributed by atoms with Gasteiger partial charge in [0.05, 0.1) is 11.7 Å². The average Bonchev–Trinajstić information content (AvgIpc) is 3.12. The lowest BCUT2D eigenvalue weighted by Gasteiger charge is -2.20. The van der Waals surface area contributed by atoms with Gasteiger partial charge >= 0.3 is 6.03 Å². The van der Waals surface area contributed by atoms with Gasteiger partial charge in [-0.15, -0.1) is 10.2 Å². The molecule has 8 heteroatoms. The van der Waals surface area contributed by atoms with Crippen molar-refractivity contribution >= 4 is 29.4 Å². The zero-order valence-electron chi connectivity index (χ0n) is 17.8. The Bertz CT molecular complexity index is 1050. The summed E-state index contributed by atoms with van der Waals surface area (Å²) in [5, 5.41) is 13.2. The van der Waals surface area contributed by atoms with Crippen LogP contribution in [-0.2, 0) is 5.75 Å². The van der Waals surface area contributed by atoms with E-state index in [-0.39, 0.29) is 12.1 Å². The fourth-order valence-electron chi connectivity index (χ4n) is 3.03. The highest BCUT2D eigenvalue weighted by Crippen LogP contribution is 2.30. The van der Waals surface area contributed by atoms with Crippen molar-refractivity contribution in [3.05, 3.63) is 70.0 Å². The van der Waals surface area contributed by atoms with E-state index in [9.17, 15) is 4.79 Å². The zero-order chi connectivity index (χ0) is 21.8. The van der Waals surface area contributed by atoms with Gasteiger partial charge in [-0.05, 0) is 44.0 Å². The number of aryl methyl sites for hydroxylation is 2. The third-order valence-electron chi connectivity index (χ3n) is 4.65. The van der Waals surface area contributed by atoms with Crippen LogP contribution in [0.25, 0.3) is 5.69 Å². The highest BCUT2D eigenvalue weighted by Gasteiger charge is 2.22. The molecule has 0 saturated carbocycles. The first-order valence-electron chi connectivity index (χ1n) is 9.64. The minimum absolute atomic E-state index is 0.186. The van der Waals surface area contributed by atoms with Crippen LogP contribution in [0.2, 0.25) is 5.02 Å². The maximum absolute atomic E-state index is 12.2. The van der Waals surface area contributed by atoms with Crippen LogP contribution < -0.4 is 5.32 Å². The first-order chi connectivity index (χ1) is 14.3. The molecule has 0 radical (unpaired) electrons. The number of aromatic nitrogens is 3. The first kappa shape index (κ1) is 22.2.